The van der Waals surface area contributed by atoms with Gasteiger partial charge in [-0.1, -0.05) is 0 Å². The lowest BCUT2D eigenvalue weighted by Crippen LogP contribution is -2.44. The van der Waals surface area contributed by atoms with Crippen LogP contribution in [0.1, 0.15) is 12.7 Å². The standard InChI is InChI=1S/C12H23N5O/c1-11(9-17-5-7-18-8-6-17)13-4-3-12-14-10-15-16(12)2/h10-11,13H,3-9H2,1-2H3. The molecule has 0 spiro atoms. The quantitative estimate of drug-likeness (QED) is 0.752. The van der Waals surface area contributed by atoms with Crippen molar-refractivity contribution in [1.29, 1.82) is 0 Å². The molecule has 1 unspecified atom stereocenters. The summed E-state index contributed by atoms with van der Waals surface area (Å²) in [6, 6.07) is 0.497. The molecule has 0 aromatic carbocycles. The first-order valence-electron chi connectivity index (χ1n) is 6.62. The second-order valence-electron chi connectivity index (χ2n) is 4.82. The topological polar surface area (TPSA) is 55.2 Å². The molecule has 1 atom stereocenters. The maximum absolute atomic E-state index is 5.34. The summed E-state index contributed by atoms with van der Waals surface area (Å²) in [5.74, 6) is 1.03. The lowest BCUT2D eigenvalue weighted by atomic mass is 10.2. The van der Waals surface area contributed by atoms with Crippen LogP contribution in [0.25, 0.3) is 0 Å². The molecule has 0 aliphatic carbocycles. The number of morpholine rings is 1. The summed E-state index contributed by atoms with van der Waals surface area (Å²) in [5.41, 5.74) is 0. The second-order valence-corrected chi connectivity index (χ2v) is 4.82. The van der Waals surface area contributed by atoms with Crippen molar-refractivity contribution in [1.82, 2.24) is 25.0 Å². The minimum atomic E-state index is 0.497. The van der Waals surface area contributed by atoms with Crippen molar-refractivity contribution >= 4 is 0 Å². The molecular weight excluding hydrogens is 230 g/mol. The third kappa shape index (κ3) is 4.04. The van der Waals surface area contributed by atoms with Gasteiger partial charge >= 0.3 is 0 Å². The smallest absolute Gasteiger partial charge is 0.138 e. The zero-order valence-corrected chi connectivity index (χ0v) is 11.3. The molecule has 1 aromatic heterocycles. The van der Waals surface area contributed by atoms with Crippen LogP contribution in [-0.4, -0.2) is 65.1 Å². The van der Waals surface area contributed by atoms with Crippen molar-refractivity contribution in [2.24, 2.45) is 7.05 Å². The van der Waals surface area contributed by atoms with E-state index in [9.17, 15) is 0 Å². The maximum Gasteiger partial charge on any atom is 0.138 e. The SMILES string of the molecule is CC(CN1CCOCC1)NCCc1ncnn1C. The summed E-state index contributed by atoms with van der Waals surface area (Å²) in [7, 11) is 1.93. The highest BCUT2D eigenvalue weighted by Crippen LogP contribution is 1.98. The zero-order chi connectivity index (χ0) is 12.8. The number of hydrogen-bond acceptors (Lipinski definition) is 5. The molecule has 2 heterocycles. The lowest BCUT2D eigenvalue weighted by Gasteiger charge is -2.29. The number of nitrogens with one attached hydrogen (secondary N) is 1. The van der Waals surface area contributed by atoms with Crippen molar-refractivity contribution in [3.8, 4) is 0 Å². The Balaban J connectivity index is 1.62. The summed E-state index contributed by atoms with van der Waals surface area (Å²) in [4.78, 5) is 6.66. The van der Waals surface area contributed by atoms with E-state index in [0.29, 0.717) is 6.04 Å². The molecule has 1 saturated heterocycles. The van der Waals surface area contributed by atoms with E-state index >= 15 is 0 Å². The van der Waals surface area contributed by atoms with Gasteiger partial charge in [0.05, 0.1) is 13.2 Å². The number of aromatic nitrogens is 3. The van der Waals surface area contributed by atoms with Crippen molar-refractivity contribution in [2.45, 2.75) is 19.4 Å². The molecule has 0 bridgehead atoms. The molecule has 0 radical (unpaired) electrons. The maximum atomic E-state index is 5.34. The van der Waals surface area contributed by atoms with Gasteiger partial charge in [0.1, 0.15) is 12.2 Å². The van der Waals surface area contributed by atoms with Crippen LogP contribution in [0.5, 0.6) is 0 Å². The molecule has 1 aliphatic heterocycles. The van der Waals surface area contributed by atoms with Gasteiger partial charge < -0.3 is 10.1 Å². The normalized spacial score (nSPS) is 19.0. The third-order valence-corrected chi connectivity index (χ3v) is 3.28. The average molecular weight is 253 g/mol. The largest absolute Gasteiger partial charge is 0.379 e. The molecule has 1 fully saturated rings. The van der Waals surface area contributed by atoms with Crippen molar-refractivity contribution in [3.05, 3.63) is 12.2 Å². The Morgan fingerprint density at radius 2 is 2.22 bits per heavy atom. The summed E-state index contributed by atoms with van der Waals surface area (Å²) >= 11 is 0. The summed E-state index contributed by atoms with van der Waals surface area (Å²) < 4.78 is 7.17. The van der Waals surface area contributed by atoms with Gasteiger partial charge in [-0.25, -0.2) is 4.98 Å². The Bertz CT molecular complexity index is 348. The molecular formula is C12H23N5O. The molecule has 2 rings (SSSR count). The number of ether oxygens (including phenoxy) is 1. The van der Waals surface area contributed by atoms with Gasteiger partial charge in [-0.2, -0.15) is 5.10 Å². The van der Waals surface area contributed by atoms with Crippen LogP contribution in [0.3, 0.4) is 0 Å². The lowest BCUT2D eigenvalue weighted by molar-refractivity contribution is 0.0344. The number of nitrogens with zero attached hydrogens (tertiary/aromatic N) is 4. The van der Waals surface area contributed by atoms with E-state index < -0.39 is 0 Å². The Kier molecular flexibility index (Phi) is 5.10. The predicted molar refractivity (Wildman–Crippen MR) is 69.4 cm³/mol. The third-order valence-electron chi connectivity index (χ3n) is 3.28. The van der Waals surface area contributed by atoms with Gasteiger partial charge in [-0.3, -0.25) is 9.58 Å². The highest BCUT2D eigenvalue weighted by Gasteiger charge is 2.13. The monoisotopic (exact) mass is 253 g/mol. The number of rotatable bonds is 6. The van der Waals surface area contributed by atoms with E-state index in [1.807, 2.05) is 11.7 Å². The first-order chi connectivity index (χ1) is 8.75. The molecule has 102 valence electrons. The Morgan fingerprint density at radius 3 is 2.89 bits per heavy atom. The Morgan fingerprint density at radius 1 is 1.44 bits per heavy atom. The van der Waals surface area contributed by atoms with Gasteiger partial charge in [0.15, 0.2) is 0 Å². The van der Waals surface area contributed by atoms with Crippen molar-refractivity contribution in [3.63, 3.8) is 0 Å². The Labute approximate surface area is 108 Å². The first-order valence-corrected chi connectivity index (χ1v) is 6.62. The van der Waals surface area contributed by atoms with Gasteiger partial charge in [0.25, 0.3) is 0 Å². The summed E-state index contributed by atoms with van der Waals surface area (Å²) in [5, 5.41) is 7.60. The van der Waals surface area contributed by atoms with Gasteiger partial charge in [0.2, 0.25) is 0 Å². The van der Waals surface area contributed by atoms with Gasteiger partial charge in [0, 0.05) is 45.7 Å². The zero-order valence-electron chi connectivity index (χ0n) is 11.3. The van der Waals surface area contributed by atoms with Crippen LogP contribution in [0, 0.1) is 0 Å². The van der Waals surface area contributed by atoms with Crippen LogP contribution >= 0.6 is 0 Å². The molecule has 0 saturated carbocycles. The molecule has 6 heteroatoms. The van der Waals surface area contributed by atoms with E-state index in [1.54, 1.807) is 6.33 Å². The van der Waals surface area contributed by atoms with E-state index in [1.165, 1.54) is 0 Å². The van der Waals surface area contributed by atoms with E-state index in [-0.39, 0.29) is 0 Å². The number of aryl methyl sites for hydroxylation is 1. The van der Waals surface area contributed by atoms with Crippen LogP contribution in [0.15, 0.2) is 6.33 Å². The number of hydrogen-bond donors (Lipinski definition) is 1. The van der Waals surface area contributed by atoms with E-state index in [4.69, 9.17) is 4.74 Å². The first kappa shape index (κ1) is 13.5. The van der Waals surface area contributed by atoms with Gasteiger partial charge in [-0.05, 0) is 6.92 Å². The van der Waals surface area contributed by atoms with Crippen LogP contribution in [0.2, 0.25) is 0 Å². The van der Waals surface area contributed by atoms with E-state index in [0.717, 1.165) is 51.6 Å². The highest BCUT2D eigenvalue weighted by molar-refractivity contribution is 4.84. The Hall–Kier alpha value is -0.980. The molecule has 0 amide bonds. The van der Waals surface area contributed by atoms with Crippen molar-refractivity contribution in [2.75, 3.05) is 39.4 Å². The predicted octanol–water partition coefficient (Wildman–Crippen LogP) is -0.332. The second kappa shape index (κ2) is 6.82. The van der Waals surface area contributed by atoms with Crippen molar-refractivity contribution < 1.29 is 4.74 Å². The summed E-state index contributed by atoms with van der Waals surface area (Å²) in [6.07, 6.45) is 2.52. The highest BCUT2D eigenvalue weighted by atomic mass is 16.5. The fraction of sp³-hybridized carbons (Fsp3) is 0.833. The van der Waals surface area contributed by atoms with Gasteiger partial charge in [-0.15, -0.1) is 0 Å². The molecule has 1 N–H and O–H groups in total. The van der Waals surface area contributed by atoms with E-state index in [2.05, 4.69) is 27.2 Å². The minimum absolute atomic E-state index is 0.497. The minimum Gasteiger partial charge on any atom is -0.379 e. The summed E-state index contributed by atoms with van der Waals surface area (Å²) in [6.45, 7) is 8.09. The molecule has 6 nitrogen and oxygen atoms in total. The van der Waals surface area contributed by atoms with Crippen LogP contribution < -0.4 is 5.32 Å². The fourth-order valence-corrected chi connectivity index (χ4v) is 2.21. The molecule has 18 heavy (non-hydrogen) atoms. The molecule has 1 aliphatic rings. The van der Waals surface area contributed by atoms with Crippen LogP contribution in [0.4, 0.5) is 0 Å². The fourth-order valence-electron chi connectivity index (χ4n) is 2.21. The molecule has 1 aromatic rings. The van der Waals surface area contributed by atoms with Crippen LogP contribution in [-0.2, 0) is 18.2 Å². The average Bonchev–Trinajstić information content (AvgIpc) is 2.76.